The van der Waals surface area contributed by atoms with E-state index < -0.39 is 0 Å². The average Bonchev–Trinajstić information content (AvgIpc) is 2.82. The summed E-state index contributed by atoms with van der Waals surface area (Å²) in [6.07, 6.45) is 4.76. The lowest BCUT2D eigenvalue weighted by molar-refractivity contribution is 0.858. The molecule has 0 amide bonds. The third-order valence-corrected chi connectivity index (χ3v) is 5.10. The van der Waals surface area contributed by atoms with Gasteiger partial charge in [0.05, 0.1) is 0 Å². The van der Waals surface area contributed by atoms with Gasteiger partial charge in [0.15, 0.2) is 0 Å². The maximum absolute atomic E-state index is 2.33. The predicted molar refractivity (Wildman–Crippen MR) is 101 cm³/mol. The summed E-state index contributed by atoms with van der Waals surface area (Å²) < 4.78 is 0. The van der Waals surface area contributed by atoms with E-state index in [4.69, 9.17) is 0 Å². The van der Waals surface area contributed by atoms with Gasteiger partial charge in [0.2, 0.25) is 0 Å². The summed E-state index contributed by atoms with van der Waals surface area (Å²) in [5, 5.41) is 0. The summed E-state index contributed by atoms with van der Waals surface area (Å²) >= 11 is 0. The average molecular weight is 303 g/mol. The van der Waals surface area contributed by atoms with Gasteiger partial charge in [-0.2, -0.15) is 0 Å². The third-order valence-electron chi connectivity index (χ3n) is 5.10. The zero-order valence-electron chi connectivity index (χ0n) is 14.9. The van der Waals surface area contributed by atoms with Crippen molar-refractivity contribution in [1.82, 2.24) is 0 Å². The zero-order valence-corrected chi connectivity index (χ0v) is 14.9. The summed E-state index contributed by atoms with van der Waals surface area (Å²) in [6, 6.07) is 15.8. The largest absolute Gasteiger partial charge is 0.0651 e. The van der Waals surface area contributed by atoms with Gasteiger partial charge in [-0.25, -0.2) is 0 Å². The molecule has 2 aromatic rings. The molecule has 0 heterocycles. The van der Waals surface area contributed by atoms with Crippen LogP contribution in [-0.4, -0.2) is 0 Å². The van der Waals surface area contributed by atoms with Crippen LogP contribution in [0.4, 0.5) is 0 Å². The van der Waals surface area contributed by atoms with Crippen molar-refractivity contribution in [3.05, 3.63) is 81.8 Å². The van der Waals surface area contributed by atoms with Crippen LogP contribution in [0.5, 0.6) is 0 Å². The summed E-state index contributed by atoms with van der Waals surface area (Å²) in [6.45, 7) is 9.10. The lowest BCUT2D eigenvalue weighted by Crippen LogP contribution is -2.01. The molecule has 0 nitrogen and oxygen atoms in total. The lowest BCUT2D eigenvalue weighted by atomic mass is 9.87. The van der Waals surface area contributed by atoms with E-state index in [-0.39, 0.29) is 0 Å². The fourth-order valence-corrected chi connectivity index (χ4v) is 3.88. The van der Waals surface area contributed by atoms with Crippen molar-refractivity contribution in [2.45, 2.75) is 53.4 Å². The highest BCUT2D eigenvalue weighted by Gasteiger charge is 2.27. The molecule has 1 aliphatic rings. The normalized spacial score (nSPS) is 14.4. The maximum atomic E-state index is 2.33. The topological polar surface area (TPSA) is 0 Å². The molecule has 0 N–H and O–H groups in total. The quantitative estimate of drug-likeness (QED) is 0.602. The molecular weight excluding hydrogens is 276 g/mol. The second-order valence-electron chi connectivity index (χ2n) is 6.61. The summed E-state index contributed by atoms with van der Waals surface area (Å²) in [5.74, 6) is 1.43. The minimum Gasteiger partial charge on any atom is -0.0651 e. The van der Waals surface area contributed by atoms with E-state index in [0.29, 0.717) is 0 Å². The number of aryl methyl sites for hydroxylation is 1. The SMILES string of the molecule is CCCc1cccc(C2=C(C)[C](C)c3ccccc32)c1CCC. The number of benzene rings is 2. The third kappa shape index (κ3) is 2.76. The van der Waals surface area contributed by atoms with E-state index in [1.165, 1.54) is 65.0 Å². The van der Waals surface area contributed by atoms with Crippen molar-refractivity contribution in [1.29, 1.82) is 0 Å². The minimum atomic E-state index is 1.17. The van der Waals surface area contributed by atoms with E-state index in [2.05, 4.69) is 70.2 Å². The van der Waals surface area contributed by atoms with Crippen LogP contribution in [0.1, 0.15) is 68.4 Å². The van der Waals surface area contributed by atoms with Crippen LogP contribution >= 0.6 is 0 Å². The van der Waals surface area contributed by atoms with Gasteiger partial charge in [-0.3, -0.25) is 0 Å². The maximum Gasteiger partial charge on any atom is 0.0278 e. The van der Waals surface area contributed by atoms with Crippen molar-refractivity contribution in [3.8, 4) is 0 Å². The predicted octanol–water partition coefficient (Wildman–Crippen LogP) is 6.37. The molecule has 3 rings (SSSR count). The summed E-state index contributed by atoms with van der Waals surface area (Å²) in [7, 11) is 0. The number of fused-ring (bicyclic) bond motifs is 1. The number of rotatable bonds is 5. The first-order valence-electron chi connectivity index (χ1n) is 8.94. The Morgan fingerprint density at radius 1 is 0.696 bits per heavy atom. The van der Waals surface area contributed by atoms with Crippen molar-refractivity contribution >= 4 is 5.57 Å². The molecule has 0 saturated carbocycles. The highest BCUT2D eigenvalue weighted by molar-refractivity contribution is 5.92. The molecule has 1 radical (unpaired) electrons. The molecular formula is C23H27. The second-order valence-corrected chi connectivity index (χ2v) is 6.61. The second kappa shape index (κ2) is 6.74. The Hall–Kier alpha value is -1.82. The van der Waals surface area contributed by atoms with Crippen LogP contribution in [0.25, 0.3) is 5.57 Å². The van der Waals surface area contributed by atoms with Gasteiger partial charge < -0.3 is 0 Å². The van der Waals surface area contributed by atoms with Crippen LogP contribution in [0, 0.1) is 5.92 Å². The standard InChI is InChI=1S/C23H27/c1-5-10-18-12-9-15-22(20(18)11-6-2)23-17(4)16(3)19-13-7-8-14-21(19)23/h7-9,12-15H,5-6,10-11H2,1-4H3. The molecule has 23 heavy (non-hydrogen) atoms. The number of hydrogen-bond donors (Lipinski definition) is 0. The molecule has 0 unspecified atom stereocenters. The van der Waals surface area contributed by atoms with Gasteiger partial charge in [-0.05, 0) is 53.2 Å². The first-order chi connectivity index (χ1) is 11.2. The van der Waals surface area contributed by atoms with E-state index in [0.717, 1.165) is 0 Å². The van der Waals surface area contributed by atoms with Crippen molar-refractivity contribution < 1.29 is 0 Å². The zero-order chi connectivity index (χ0) is 16.4. The molecule has 119 valence electrons. The molecule has 0 aromatic heterocycles. The van der Waals surface area contributed by atoms with Gasteiger partial charge in [0.25, 0.3) is 0 Å². The Kier molecular flexibility index (Phi) is 4.71. The first kappa shape index (κ1) is 16.1. The Labute approximate surface area is 141 Å². The minimum absolute atomic E-state index is 1.17. The van der Waals surface area contributed by atoms with Crippen LogP contribution in [0.2, 0.25) is 0 Å². The fourth-order valence-electron chi connectivity index (χ4n) is 3.88. The molecule has 2 aromatic carbocycles. The number of hydrogen-bond acceptors (Lipinski definition) is 0. The van der Waals surface area contributed by atoms with Crippen LogP contribution < -0.4 is 0 Å². The molecule has 0 fully saturated rings. The van der Waals surface area contributed by atoms with E-state index in [9.17, 15) is 0 Å². The molecule has 0 saturated heterocycles. The molecule has 1 aliphatic carbocycles. The van der Waals surface area contributed by atoms with E-state index >= 15 is 0 Å². The Balaban J connectivity index is 2.20. The molecule has 0 bridgehead atoms. The Morgan fingerprint density at radius 2 is 1.35 bits per heavy atom. The molecule has 0 atom stereocenters. The monoisotopic (exact) mass is 303 g/mol. The Morgan fingerprint density at radius 3 is 2.04 bits per heavy atom. The van der Waals surface area contributed by atoms with E-state index in [1.807, 2.05) is 0 Å². The van der Waals surface area contributed by atoms with Crippen molar-refractivity contribution in [2.24, 2.45) is 0 Å². The smallest absolute Gasteiger partial charge is 0.0278 e. The molecule has 0 heteroatoms. The van der Waals surface area contributed by atoms with Crippen LogP contribution in [-0.2, 0) is 12.8 Å². The molecule has 0 aliphatic heterocycles. The Bertz CT molecular complexity index is 733. The van der Waals surface area contributed by atoms with E-state index in [1.54, 1.807) is 5.56 Å². The fraction of sp³-hybridized carbons (Fsp3) is 0.348. The summed E-state index contributed by atoms with van der Waals surface area (Å²) in [5.41, 5.74) is 10.3. The van der Waals surface area contributed by atoms with Gasteiger partial charge in [-0.15, -0.1) is 0 Å². The number of allylic oxidation sites excluding steroid dienone is 1. The van der Waals surface area contributed by atoms with Crippen molar-refractivity contribution in [3.63, 3.8) is 0 Å². The van der Waals surface area contributed by atoms with Gasteiger partial charge >= 0.3 is 0 Å². The summed E-state index contributed by atoms with van der Waals surface area (Å²) in [4.78, 5) is 0. The molecule has 0 spiro atoms. The van der Waals surface area contributed by atoms with Crippen LogP contribution in [0.15, 0.2) is 48.0 Å². The highest BCUT2D eigenvalue weighted by Crippen LogP contribution is 2.45. The van der Waals surface area contributed by atoms with Crippen molar-refractivity contribution in [2.75, 3.05) is 0 Å². The van der Waals surface area contributed by atoms with Gasteiger partial charge in [0.1, 0.15) is 0 Å². The van der Waals surface area contributed by atoms with Gasteiger partial charge in [0, 0.05) is 5.92 Å². The lowest BCUT2D eigenvalue weighted by Gasteiger charge is -2.17. The first-order valence-corrected chi connectivity index (χ1v) is 8.94. The van der Waals surface area contributed by atoms with Gasteiger partial charge in [-0.1, -0.05) is 81.7 Å². The van der Waals surface area contributed by atoms with Crippen LogP contribution in [0.3, 0.4) is 0 Å². The highest BCUT2D eigenvalue weighted by atomic mass is 14.3.